The van der Waals surface area contributed by atoms with Gasteiger partial charge in [0.25, 0.3) is 11.9 Å². The summed E-state index contributed by atoms with van der Waals surface area (Å²) < 4.78 is 1.52. The van der Waals surface area contributed by atoms with Crippen LogP contribution in [0, 0.1) is 11.3 Å². The molecule has 1 fully saturated rings. The second-order valence-electron chi connectivity index (χ2n) is 6.61. The molecular formula is C20H19N7O. The summed E-state index contributed by atoms with van der Waals surface area (Å²) in [5, 5.41) is 15.9. The molecule has 0 saturated carbocycles. The first-order valence-electron chi connectivity index (χ1n) is 9.16. The highest BCUT2D eigenvalue weighted by Crippen LogP contribution is 2.18. The number of carbonyl (C=O) groups is 1. The Kier molecular flexibility index (Phi) is 4.97. The van der Waals surface area contributed by atoms with Gasteiger partial charge in [-0.2, -0.15) is 10.4 Å². The summed E-state index contributed by atoms with van der Waals surface area (Å²) in [7, 11) is 0. The van der Waals surface area contributed by atoms with E-state index in [9.17, 15) is 4.79 Å². The lowest BCUT2D eigenvalue weighted by atomic mass is 10.1. The first kappa shape index (κ1) is 17.7. The zero-order chi connectivity index (χ0) is 19.3. The predicted octanol–water partition coefficient (Wildman–Crippen LogP) is 2.78. The van der Waals surface area contributed by atoms with Gasteiger partial charge in [0.2, 0.25) is 0 Å². The molecule has 1 saturated heterocycles. The largest absolute Gasteiger partial charge is 0.369 e. The first-order chi connectivity index (χ1) is 13.7. The number of piperidine rings is 1. The van der Waals surface area contributed by atoms with E-state index >= 15 is 0 Å². The Morgan fingerprint density at radius 2 is 1.89 bits per heavy atom. The molecule has 140 valence electrons. The van der Waals surface area contributed by atoms with Gasteiger partial charge >= 0.3 is 0 Å². The third-order valence-corrected chi connectivity index (χ3v) is 4.65. The van der Waals surface area contributed by atoms with Gasteiger partial charge in [-0.1, -0.05) is 6.07 Å². The summed E-state index contributed by atoms with van der Waals surface area (Å²) in [6.45, 7) is 2.07. The monoisotopic (exact) mass is 373 g/mol. The van der Waals surface area contributed by atoms with Crippen molar-refractivity contribution >= 4 is 17.3 Å². The van der Waals surface area contributed by atoms with E-state index in [-0.39, 0.29) is 5.91 Å². The summed E-state index contributed by atoms with van der Waals surface area (Å²) in [5.41, 5.74) is 2.39. The molecule has 8 heteroatoms. The van der Waals surface area contributed by atoms with Crippen LogP contribution in [0.3, 0.4) is 0 Å². The van der Waals surface area contributed by atoms with Crippen molar-refractivity contribution in [3.05, 3.63) is 60.2 Å². The summed E-state index contributed by atoms with van der Waals surface area (Å²) >= 11 is 0. The van der Waals surface area contributed by atoms with Gasteiger partial charge in [-0.3, -0.25) is 4.79 Å². The van der Waals surface area contributed by atoms with Crippen molar-refractivity contribution in [2.75, 3.05) is 23.3 Å². The van der Waals surface area contributed by atoms with Gasteiger partial charge < -0.3 is 10.2 Å². The smallest absolute Gasteiger partial charge is 0.255 e. The highest BCUT2D eigenvalue weighted by molar-refractivity contribution is 6.04. The number of anilines is 2. The standard InChI is InChI=1S/C20H19N7O/c21-10-15-5-4-6-16(9-15)19(28)25-17-11-24-27(14-17)20-22-12-18(13-23-20)26-7-2-1-3-8-26/h4-6,9,11-14H,1-3,7-8H2,(H,25,28). The van der Waals surface area contributed by atoms with Gasteiger partial charge in [-0.15, -0.1) is 0 Å². The van der Waals surface area contributed by atoms with Crippen molar-refractivity contribution in [3.8, 4) is 12.0 Å². The van der Waals surface area contributed by atoms with E-state index in [1.54, 1.807) is 42.9 Å². The molecule has 4 rings (SSSR count). The first-order valence-corrected chi connectivity index (χ1v) is 9.16. The van der Waals surface area contributed by atoms with Crippen LogP contribution in [0.25, 0.3) is 5.95 Å². The molecule has 28 heavy (non-hydrogen) atoms. The summed E-state index contributed by atoms with van der Waals surface area (Å²) in [4.78, 5) is 23.4. The average Bonchev–Trinajstić information content (AvgIpc) is 3.23. The molecule has 0 bridgehead atoms. The molecule has 1 N–H and O–H groups in total. The van der Waals surface area contributed by atoms with Crippen LogP contribution in [0.2, 0.25) is 0 Å². The van der Waals surface area contributed by atoms with Crippen LogP contribution in [-0.2, 0) is 0 Å². The third kappa shape index (κ3) is 3.83. The fourth-order valence-electron chi connectivity index (χ4n) is 3.18. The van der Waals surface area contributed by atoms with Gasteiger partial charge in [0.15, 0.2) is 0 Å². The molecule has 3 aromatic rings. The SMILES string of the molecule is N#Cc1cccc(C(=O)Nc2cnn(-c3ncc(N4CCCCC4)cn3)c2)c1. The van der Waals surface area contributed by atoms with Crippen LogP contribution in [0.15, 0.2) is 49.1 Å². The topological polar surface area (TPSA) is 99.7 Å². The van der Waals surface area contributed by atoms with E-state index in [0.717, 1.165) is 18.8 Å². The Morgan fingerprint density at radius 3 is 2.64 bits per heavy atom. The van der Waals surface area contributed by atoms with E-state index < -0.39 is 0 Å². The van der Waals surface area contributed by atoms with E-state index in [2.05, 4.69) is 25.3 Å². The predicted molar refractivity (Wildman–Crippen MR) is 104 cm³/mol. The molecule has 1 aliphatic heterocycles. The molecule has 0 unspecified atom stereocenters. The molecule has 3 heterocycles. The zero-order valence-corrected chi connectivity index (χ0v) is 15.2. The lowest BCUT2D eigenvalue weighted by Crippen LogP contribution is -2.29. The maximum absolute atomic E-state index is 12.4. The van der Waals surface area contributed by atoms with Crippen LogP contribution in [0.1, 0.15) is 35.2 Å². The Labute approximate surface area is 162 Å². The summed E-state index contributed by atoms with van der Waals surface area (Å²) in [6.07, 6.45) is 10.5. The van der Waals surface area contributed by atoms with Gasteiger partial charge in [0.1, 0.15) is 0 Å². The van der Waals surface area contributed by atoms with Crippen LogP contribution < -0.4 is 10.2 Å². The van der Waals surface area contributed by atoms with Gasteiger partial charge in [-0.05, 0) is 37.5 Å². The van der Waals surface area contributed by atoms with Crippen molar-refractivity contribution in [1.82, 2.24) is 19.7 Å². The Hall–Kier alpha value is -3.73. The van der Waals surface area contributed by atoms with Crippen LogP contribution in [0.4, 0.5) is 11.4 Å². The van der Waals surface area contributed by atoms with Crippen molar-refractivity contribution in [2.24, 2.45) is 0 Å². The Balaban J connectivity index is 1.45. The van der Waals surface area contributed by atoms with Crippen LogP contribution >= 0.6 is 0 Å². The molecule has 8 nitrogen and oxygen atoms in total. The number of aromatic nitrogens is 4. The number of amides is 1. The Morgan fingerprint density at radius 1 is 1.11 bits per heavy atom. The van der Waals surface area contributed by atoms with Crippen molar-refractivity contribution in [1.29, 1.82) is 5.26 Å². The normalized spacial score (nSPS) is 13.8. The number of benzene rings is 1. The second-order valence-corrected chi connectivity index (χ2v) is 6.61. The second kappa shape index (κ2) is 7.88. The molecule has 0 spiro atoms. The molecule has 1 aliphatic rings. The van der Waals surface area contributed by atoms with Crippen molar-refractivity contribution in [3.63, 3.8) is 0 Å². The van der Waals surface area contributed by atoms with E-state index in [0.29, 0.717) is 22.8 Å². The fourth-order valence-corrected chi connectivity index (χ4v) is 3.18. The van der Waals surface area contributed by atoms with E-state index in [1.807, 2.05) is 6.07 Å². The maximum atomic E-state index is 12.4. The van der Waals surface area contributed by atoms with Crippen molar-refractivity contribution in [2.45, 2.75) is 19.3 Å². The minimum absolute atomic E-state index is 0.307. The highest BCUT2D eigenvalue weighted by Gasteiger charge is 2.13. The number of carbonyl (C=O) groups excluding carboxylic acids is 1. The van der Waals surface area contributed by atoms with E-state index in [1.165, 1.54) is 30.1 Å². The van der Waals surface area contributed by atoms with Crippen LogP contribution in [-0.4, -0.2) is 38.7 Å². The van der Waals surface area contributed by atoms with E-state index in [4.69, 9.17) is 5.26 Å². The van der Waals surface area contributed by atoms with Gasteiger partial charge in [-0.25, -0.2) is 14.6 Å². The average molecular weight is 373 g/mol. The number of hydrogen-bond donors (Lipinski definition) is 1. The number of nitrogens with one attached hydrogen (secondary N) is 1. The lowest BCUT2D eigenvalue weighted by Gasteiger charge is -2.28. The summed E-state index contributed by atoms with van der Waals surface area (Å²) in [5.74, 6) is 0.130. The fraction of sp³-hybridized carbons (Fsp3) is 0.250. The number of nitrogens with zero attached hydrogens (tertiary/aromatic N) is 6. The lowest BCUT2D eigenvalue weighted by molar-refractivity contribution is 0.102. The minimum atomic E-state index is -0.307. The Bertz CT molecular complexity index is 1010. The third-order valence-electron chi connectivity index (χ3n) is 4.65. The van der Waals surface area contributed by atoms with Gasteiger partial charge in [0.05, 0.1) is 47.8 Å². The number of rotatable bonds is 4. The molecule has 2 aromatic heterocycles. The maximum Gasteiger partial charge on any atom is 0.255 e. The molecule has 1 aromatic carbocycles. The summed E-state index contributed by atoms with van der Waals surface area (Å²) in [6, 6.07) is 8.55. The molecule has 0 radical (unpaired) electrons. The molecule has 0 aliphatic carbocycles. The molecule has 0 atom stereocenters. The number of nitriles is 1. The van der Waals surface area contributed by atoms with Gasteiger partial charge in [0, 0.05) is 18.7 Å². The number of hydrogen-bond acceptors (Lipinski definition) is 6. The van der Waals surface area contributed by atoms with Crippen molar-refractivity contribution < 1.29 is 4.79 Å². The quantitative estimate of drug-likeness (QED) is 0.755. The minimum Gasteiger partial charge on any atom is -0.369 e. The van der Waals surface area contributed by atoms with Crippen LogP contribution in [0.5, 0.6) is 0 Å². The molecular weight excluding hydrogens is 354 g/mol. The highest BCUT2D eigenvalue weighted by atomic mass is 16.1. The zero-order valence-electron chi connectivity index (χ0n) is 15.2. The molecule has 1 amide bonds.